The first-order valence-electron chi connectivity index (χ1n) is 8.90. The summed E-state index contributed by atoms with van der Waals surface area (Å²) in [6, 6.07) is 9.26. The van der Waals surface area contributed by atoms with Crippen molar-refractivity contribution in [2.45, 2.75) is 33.4 Å². The van der Waals surface area contributed by atoms with Crippen LogP contribution in [0.3, 0.4) is 0 Å². The highest BCUT2D eigenvalue weighted by Gasteiger charge is 2.09. The van der Waals surface area contributed by atoms with Crippen LogP contribution in [0.15, 0.2) is 41.5 Å². The van der Waals surface area contributed by atoms with Gasteiger partial charge in [0.05, 0.1) is 30.4 Å². The molecule has 1 aromatic carbocycles. The lowest BCUT2D eigenvalue weighted by Crippen LogP contribution is -2.23. The predicted molar refractivity (Wildman–Crippen MR) is 105 cm³/mol. The number of hydrogen-bond acceptors (Lipinski definition) is 4. The van der Waals surface area contributed by atoms with E-state index >= 15 is 0 Å². The maximum Gasteiger partial charge on any atom is 0.261 e. The van der Waals surface area contributed by atoms with E-state index in [2.05, 4.69) is 14.9 Å². The van der Waals surface area contributed by atoms with Crippen LogP contribution in [0.4, 0.5) is 5.69 Å². The molecule has 0 aliphatic heterocycles. The van der Waals surface area contributed by atoms with Crippen LogP contribution in [0.25, 0.3) is 10.9 Å². The zero-order valence-electron chi connectivity index (χ0n) is 15.9. The summed E-state index contributed by atoms with van der Waals surface area (Å²) in [5, 5.41) is 3.35. The fourth-order valence-corrected chi connectivity index (χ4v) is 3.07. The van der Waals surface area contributed by atoms with Gasteiger partial charge in [0.1, 0.15) is 0 Å². The number of amides is 1. The van der Waals surface area contributed by atoms with Crippen molar-refractivity contribution >= 4 is 22.5 Å². The van der Waals surface area contributed by atoms with Crippen molar-refractivity contribution in [3.63, 3.8) is 0 Å². The van der Waals surface area contributed by atoms with E-state index in [1.165, 1.54) is 10.9 Å². The molecule has 27 heavy (non-hydrogen) atoms. The number of nitrogens with zero attached hydrogens (tertiary/aromatic N) is 3. The van der Waals surface area contributed by atoms with E-state index in [0.29, 0.717) is 42.7 Å². The Morgan fingerprint density at radius 2 is 1.89 bits per heavy atom. The lowest BCUT2D eigenvalue weighted by molar-refractivity contribution is -0.116. The first-order chi connectivity index (χ1) is 13.0. The summed E-state index contributed by atoms with van der Waals surface area (Å²) in [6.45, 7) is 5.54. The molecule has 1 amide bonds. The van der Waals surface area contributed by atoms with Crippen LogP contribution < -0.4 is 10.9 Å². The molecule has 0 aliphatic carbocycles. The number of anilines is 1. The third kappa shape index (κ3) is 4.25. The van der Waals surface area contributed by atoms with Crippen LogP contribution in [0, 0.1) is 13.8 Å². The van der Waals surface area contributed by atoms with Crippen LogP contribution in [-0.2, 0) is 22.6 Å². The van der Waals surface area contributed by atoms with Gasteiger partial charge in [-0.25, -0.2) is 4.98 Å². The van der Waals surface area contributed by atoms with Crippen LogP contribution in [0.5, 0.6) is 0 Å². The fourth-order valence-electron chi connectivity index (χ4n) is 3.07. The van der Waals surface area contributed by atoms with Gasteiger partial charge in [0.25, 0.3) is 5.56 Å². The largest absolute Gasteiger partial charge is 0.383 e. The van der Waals surface area contributed by atoms with Gasteiger partial charge in [-0.05, 0) is 44.2 Å². The normalized spacial score (nSPS) is 11.1. The van der Waals surface area contributed by atoms with Crippen molar-refractivity contribution in [3.8, 4) is 0 Å². The molecule has 0 saturated carbocycles. The fraction of sp³-hybridized carbons (Fsp3) is 0.350. The monoisotopic (exact) mass is 368 g/mol. The summed E-state index contributed by atoms with van der Waals surface area (Å²) in [7, 11) is 1.59. The van der Waals surface area contributed by atoms with Crippen molar-refractivity contribution in [1.82, 2.24) is 14.1 Å². The first-order valence-corrected chi connectivity index (χ1v) is 8.90. The van der Waals surface area contributed by atoms with Gasteiger partial charge in [-0.1, -0.05) is 0 Å². The van der Waals surface area contributed by atoms with E-state index in [-0.39, 0.29) is 11.5 Å². The highest BCUT2D eigenvalue weighted by molar-refractivity contribution is 5.93. The SMILES string of the molecule is COCCn1cnc2ccc(NC(=O)CCn3c(C)ccc3C)cc2c1=O. The summed E-state index contributed by atoms with van der Waals surface area (Å²) >= 11 is 0. The van der Waals surface area contributed by atoms with Crippen LogP contribution in [0.2, 0.25) is 0 Å². The molecule has 3 rings (SSSR count). The molecule has 0 fully saturated rings. The lowest BCUT2D eigenvalue weighted by atomic mass is 10.2. The highest BCUT2D eigenvalue weighted by atomic mass is 16.5. The molecule has 0 radical (unpaired) electrons. The average Bonchev–Trinajstić information content (AvgIpc) is 2.98. The molecule has 7 heteroatoms. The summed E-state index contributed by atoms with van der Waals surface area (Å²) in [5.41, 5.74) is 3.32. The summed E-state index contributed by atoms with van der Waals surface area (Å²) in [5.74, 6) is -0.0922. The molecule has 0 unspecified atom stereocenters. The Hall–Kier alpha value is -2.93. The van der Waals surface area contributed by atoms with Gasteiger partial charge in [0.2, 0.25) is 5.91 Å². The molecule has 7 nitrogen and oxygen atoms in total. The third-order valence-electron chi connectivity index (χ3n) is 4.62. The second kappa shape index (κ2) is 8.18. The Morgan fingerprint density at radius 3 is 2.59 bits per heavy atom. The van der Waals surface area contributed by atoms with Gasteiger partial charge in [-0.15, -0.1) is 0 Å². The zero-order chi connectivity index (χ0) is 19.4. The molecule has 2 aromatic heterocycles. The second-order valence-corrected chi connectivity index (χ2v) is 6.53. The Bertz CT molecular complexity index is 1000. The lowest BCUT2D eigenvalue weighted by Gasteiger charge is -2.10. The number of methoxy groups -OCH3 is 1. The predicted octanol–water partition coefficient (Wildman–Crippen LogP) is 2.49. The smallest absolute Gasteiger partial charge is 0.261 e. The van der Waals surface area contributed by atoms with Gasteiger partial charge in [-0.3, -0.25) is 14.2 Å². The van der Waals surface area contributed by atoms with E-state index < -0.39 is 0 Å². The minimum absolute atomic E-state index is 0.0922. The van der Waals surface area contributed by atoms with Crippen molar-refractivity contribution in [1.29, 1.82) is 0 Å². The minimum atomic E-state index is -0.147. The second-order valence-electron chi connectivity index (χ2n) is 6.53. The van der Waals surface area contributed by atoms with Crippen molar-refractivity contribution in [2.24, 2.45) is 0 Å². The molecule has 0 saturated heterocycles. The maximum atomic E-state index is 12.6. The van der Waals surface area contributed by atoms with Crippen molar-refractivity contribution < 1.29 is 9.53 Å². The number of hydrogen-bond donors (Lipinski definition) is 1. The minimum Gasteiger partial charge on any atom is -0.383 e. The number of benzene rings is 1. The van der Waals surface area contributed by atoms with Crippen molar-refractivity contribution in [2.75, 3.05) is 19.0 Å². The number of carbonyl (C=O) groups is 1. The molecule has 0 aliphatic rings. The van der Waals surface area contributed by atoms with E-state index in [0.717, 1.165) is 11.4 Å². The van der Waals surface area contributed by atoms with E-state index in [1.54, 1.807) is 25.3 Å². The van der Waals surface area contributed by atoms with E-state index in [9.17, 15) is 9.59 Å². The number of rotatable bonds is 7. The van der Waals surface area contributed by atoms with Gasteiger partial charge >= 0.3 is 0 Å². The van der Waals surface area contributed by atoms with Gasteiger partial charge < -0.3 is 14.6 Å². The van der Waals surface area contributed by atoms with Crippen LogP contribution >= 0.6 is 0 Å². The summed E-state index contributed by atoms with van der Waals surface area (Å²) in [6.07, 6.45) is 1.88. The third-order valence-corrected chi connectivity index (χ3v) is 4.62. The number of aryl methyl sites for hydroxylation is 2. The Labute approximate surface area is 157 Å². The van der Waals surface area contributed by atoms with Gasteiger partial charge in [-0.2, -0.15) is 0 Å². The molecule has 3 aromatic rings. The van der Waals surface area contributed by atoms with Gasteiger partial charge in [0, 0.05) is 37.2 Å². The Morgan fingerprint density at radius 1 is 1.15 bits per heavy atom. The Balaban J connectivity index is 1.73. The molecule has 0 spiro atoms. The summed E-state index contributed by atoms with van der Waals surface area (Å²) < 4.78 is 8.64. The standard InChI is InChI=1S/C20H24N4O3/c1-14-4-5-15(2)24(14)9-8-19(25)22-16-6-7-18-17(12-16)20(26)23(13-21-18)10-11-27-3/h4-7,12-13H,8-11H2,1-3H3,(H,22,25). The number of ether oxygens (including phenoxy) is 1. The zero-order valence-corrected chi connectivity index (χ0v) is 15.9. The first kappa shape index (κ1) is 18.8. The Kier molecular flexibility index (Phi) is 5.71. The molecule has 0 bridgehead atoms. The van der Waals surface area contributed by atoms with Crippen LogP contribution in [0.1, 0.15) is 17.8 Å². The molecular formula is C20H24N4O3. The number of fused-ring (bicyclic) bond motifs is 1. The van der Waals surface area contributed by atoms with E-state index in [1.807, 2.05) is 26.0 Å². The number of aromatic nitrogens is 3. The van der Waals surface area contributed by atoms with Crippen molar-refractivity contribution in [3.05, 3.63) is 58.4 Å². The number of nitrogens with one attached hydrogen (secondary N) is 1. The highest BCUT2D eigenvalue weighted by Crippen LogP contribution is 2.15. The number of carbonyl (C=O) groups excluding carboxylic acids is 1. The van der Waals surface area contributed by atoms with Gasteiger partial charge in [0.15, 0.2) is 0 Å². The van der Waals surface area contributed by atoms with E-state index in [4.69, 9.17) is 4.74 Å². The summed E-state index contributed by atoms with van der Waals surface area (Å²) in [4.78, 5) is 29.2. The quantitative estimate of drug-likeness (QED) is 0.695. The molecule has 0 atom stereocenters. The maximum absolute atomic E-state index is 12.6. The topological polar surface area (TPSA) is 78.2 Å². The molecule has 142 valence electrons. The average molecular weight is 368 g/mol. The molecular weight excluding hydrogens is 344 g/mol. The molecule has 1 N–H and O–H groups in total. The molecule has 2 heterocycles. The van der Waals surface area contributed by atoms with Crippen LogP contribution in [-0.4, -0.2) is 33.7 Å².